The first kappa shape index (κ1) is 18.9. The second-order valence-corrected chi connectivity index (χ2v) is 6.77. The number of hydrogen-bond donors (Lipinski definition) is 0. The number of carbonyl (C=O) groups is 2. The normalized spacial score (nSPS) is 14.3. The Balaban J connectivity index is 2.84. The molecule has 0 unspecified atom stereocenters. The van der Waals surface area contributed by atoms with Crippen molar-refractivity contribution in [1.82, 2.24) is 0 Å². The molecule has 0 fully saturated rings. The molecular formula is C19H26O4. The van der Waals surface area contributed by atoms with Crippen LogP contribution in [0.15, 0.2) is 30.3 Å². The number of Topliss-reactive ketones (excluding diaryl/α,β-unsaturated/α-hetero) is 1. The molecule has 0 amide bonds. The van der Waals surface area contributed by atoms with Crippen molar-refractivity contribution in [2.45, 2.75) is 46.6 Å². The molecule has 0 saturated carbocycles. The minimum atomic E-state index is -1.17. The van der Waals surface area contributed by atoms with E-state index in [0.717, 1.165) is 11.3 Å². The summed E-state index contributed by atoms with van der Waals surface area (Å²) >= 11 is 0. The SMILES string of the molecule is COc1ccc(/C=C/C[C@@](C)(C(C)=O)C(=O)OC(C)(C)C)cc1. The van der Waals surface area contributed by atoms with E-state index in [1.54, 1.807) is 34.8 Å². The Morgan fingerprint density at radius 2 is 1.65 bits per heavy atom. The first-order chi connectivity index (χ1) is 10.6. The van der Waals surface area contributed by atoms with Gasteiger partial charge >= 0.3 is 5.97 Å². The number of allylic oxidation sites excluding steroid dienone is 1. The number of carbonyl (C=O) groups excluding carboxylic acids is 2. The Morgan fingerprint density at radius 1 is 1.09 bits per heavy atom. The van der Waals surface area contributed by atoms with E-state index in [1.165, 1.54) is 6.92 Å². The van der Waals surface area contributed by atoms with Gasteiger partial charge in [-0.25, -0.2) is 0 Å². The minimum Gasteiger partial charge on any atom is -0.497 e. The average Bonchev–Trinajstić information content (AvgIpc) is 2.45. The predicted molar refractivity (Wildman–Crippen MR) is 91.3 cm³/mol. The Kier molecular flexibility index (Phi) is 6.13. The number of ether oxygens (including phenoxy) is 2. The molecule has 126 valence electrons. The Labute approximate surface area is 138 Å². The van der Waals surface area contributed by atoms with Gasteiger partial charge in [0.15, 0.2) is 0 Å². The van der Waals surface area contributed by atoms with Crippen molar-refractivity contribution >= 4 is 17.8 Å². The number of methoxy groups -OCH3 is 1. The monoisotopic (exact) mass is 318 g/mol. The van der Waals surface area contributed by atoms with Gasteiger partial charge in [0.1, 0.15) is 22.5 Å². The van der Waals surface area contributed by atoms with Crippen molar-refractivity contribution in [3.8, 4) is 5.75 Å². The molecule has 0 saturated heterocycles. The Bertz CT molecular complexity index is 578. The van der Waals surface area contributed by atoms with Crippen LogP contribution in [0.1, 0.15) is 46.6 Å². The van der Waals surface area contributed by atoms with E-state index in [2.05, 4.69) is 0 Å². The van der Waals surface area contributed by atoms with Crippen molar-refractivity contribution in [2.75, 3.05) is 7.11 Å². The molecule has 1 aromatic rings. The maximum Gasteiger partial charge on any atom is 0.320 e. The van der Waals surface area contributed by atoms with Crippen LogP contribution in [0.4, 0.5) is 0 Å². The number of hydrogen-bond acceptors (Lipinski definition) is 4. The fourth-order valence-electron chi connectivity index (χ4n) is 1.91. The van der Waals surface area contributed by atoms with E-state index in [-0.39, 0.29) is 5.78 Å². The molecule has 0 heterocycles. The van der Waals surface area contributed by atoms with Crippen molar-refractivity contribution in [3.05, 3.63) is 35.9 Å². The molecule has 1 atom stereocenters. The van der Waals surface area contributed by atoms with Gasteiger partial charge in [-0.2, -0.15) is 0 Å². The van der Waals surface area contributed by atoms with Crippen LogP contribution in [-0.4, -0.2) is 24.5 Å². The van der Waals surface area contributed by atoms with Gasteiger partial charge in [-0.15, -0.1) is 0 Å². The molecule has 1 rings (SSSR count). The lowest BCUT2D eigenvalue weighted by atomic mass is 9.82. The first-order valence-corrected chi connectivity index (χ1v) is 7.63. The molecule has 0 N–H and O–H groups in total. The number of rotatable bonds is 6. The second kappa shape index (κ2) is 7.44. The lowest BCUT2D eigenvalue weighted by Gasteiger charge is -2.28. The van der Waals surface area contributed by atoms with E-state index >= 15 is 0 Å². The zero-order valence-corrected chi connectivity index (χ0v) is 14.8. The van der Waals surface area contributed by atoms with E-state index in [0.29, 0.717) is 6.42 Å². The van der Waals surface area contributed by atoms with Gasteiger partial charge in [-0.3, -0.25) is 9.59 Å². The summed E-state index contributed by atoms with van der Waals surface area (Å²) in [5.41, 5.74) is -0.815. The fraction of sp³-hybridized carbons (Fsp3) is 0.474. The van der Waals surface area contributed by atoms with E-state index in [4.69, 9.17) is 9.47 Å². The molecule has 4 heteroatoms. The van der Waals surface area contributed by atoms with Gasteiger partial charge in [0, 0.05) is 0 Å². The summed E-state index contributed by atoms with van der Waals surface area (Å²) in [4.78, 5) is 24.3. The van der Waals surface area contributed by atoms with Crippen molar-refractivity contribution in [1.29, 1.82) is 0 Å². The van der Waals surface area contributed by atoms with E-state index in [1.807, 2.05) is 36.4 Å². The van der Waals surface area contributed by atoms with Gasteiger partial charge in [0.05, 0.1) is 7.11 Å². The van der Waals surface area contributed by atoms with E-state index < -0.39 is 17.0 Å². The lowest BCUT2D eigenvalue weighted by Crippen LogP contribution is -2.40. The van der Waals surface area contributed by atoms with Gasteiger partial charge in [0.2, 0.25) is 0 Å². The zero-order chi connectivity index (χ0) is 17.7. The van der Waals surface area contributed by atoms with Crippen LogP contribution >= 0.6 is 0 Å². The van der Waals surface area contributed by atoms with Gasteiger partial charge < -0.3 is 9.47 Å². The van der Waals surface area contributed by atoms with E-state index in [9.17, 15) is 9.59 Å². The van der Waals surface area contributed by atoms with Crippen LogP contribution in [0.5, 0.6) is 5.75 Å². The average molecular weight is 318 g/mol. The highest BCUT2D eigenvalue weighted by Gasteiger charge is 2.40. The molecule has 23 heavy (non-hydrogen) atoms. The smallest absolute Gasteiger partial charge is 0.320 e. The summed E-state index contributed by atoms with van der Waals surface area (Å²) < 4.78 is 10.5. The standard InChI is InChI=1S/C19H26O4/c1-14(20)19(5,17(21)23-18(2,3)4)13-7-8-15-9-11-16(22-6)12-10-15/h7-12H,13H2,1-6H3/b8-7+/t19-/m0/s1. The molecule has 0 aromatic heterocycles. The summed E-state index contributed by atoms with van der Waals surface area (Å²) in [5, 5.41) is 0. The minimum absolute atomic E-state index is 0.203. The second-order valence-electron chi connectivity index (χ2n) is 6.77. The number of benzene rings is 1. The van der Waals surface area contributed by atoms with Crippen LogP contribution < -0.4 is 4.74 Å². The van der Waals surface area contributed by atoms with Gasteiger partial charge in [-0.1, -0.05) is 24.3 Å². The van der Waals surface area contributed by atoms with Gasteiger partial charge in [-0.05, 0) is 58.7 Å². The third-order valence-electron chi connectivity index (χ3n) is 3.58. The van der Waals surface area contributed by atoms with Crippen LogP contribution in [-0.2, 0) is 14.3 Å². The molecule has 0 spiro atoms. The van der Waals surface area contributed by atoms with Crippen LogP contribution in [0.2, 0.25) is 0 Å². The Morgan fingerprint density at radius 3 is 2.09 bits per heavy atom. The largest absolute Gasteiger partial charge is 0.497 e. The highest BCUT2D eigenvalue weighted by Crippen LogP contribution is 2.28. The highest BCUT2D eigenvalue weighted by molar-refractivity contribution is 6.02. The molecule has 0 radical (unpaired) electrons. The molecule has 0 aliphatic carbocycles. The highest BCUT2D eigenvalue weighted by atomic mass is 16.6. The quantitative estimate of drug-likeness (QED) is 0.587. The van der Waals surface area contributed by atoms with Crippen LogP contribution in [0.25, 0.3) is 6.08 Å². The molecule has 0 bridgehead atoms. The Hall–Kier alpha value is -2.10. The van der Waals surface area contributed by atoms with Crippen molar-refractivity contribution in [2.24, 2.45) is 5.41 Å². The van der Waals surface area contributed by atoms with Crippen LogP contribution in [0.3, 0.4) is 0 Å². The van der Waals surface area contributed by atoms with Crippen LogP contribution in [0, 0.1) is 5.41 Å². The molecule has 1 aromatic carbocycles. The molecule has 0 aliphatic heterocycles. The molecular weight excluding hydrogens is 292 g/mol. The number of ketones is 1. The molecule has 0 aliphatic rings. The lowest BCUT2D eigenvalue weighted by molar-refractivity contribution is -0.168. The summed E-state index contributed by atoms with van der Waals surface area (Å²) in [5.74, 6) is 0.0903. The maximum absolute atomic E-state index is 12.4. The third-order valence-corrected chi connectivity index (χ3v) is 3.58. The first-order valence-electron chi connectivity index (χ1n) is 7.63. The maximum atomic E-state index is 12.4. The number of esters is 1. The summed E-state index contributed by atoms with van der Waals surface area (Å²) in [7, 11) is 1.62. The fourth-order valence-corrected chi connectivity index (χ4v) is 1.91. The topological polar surface area (TPSA) is 52.6 Å². The predicted octanol–water partition coefficient (Wildman–Crippen LogP) is 4.04. The van der Waals surface area contributed by atoms with Crippen molar-refractivity contribution in [3.63, 3.8) is 0 Å². The summed E-state index contributed by atoms with van der Waals surface area (Å²) in [6.45, 7) is 8.42. The van der Waals surface area contributed by atoms with Gasteiger partial charge in [0.25, 0.3) is 0 Å². The molecule has 4 nitrogen and oxygen atoms in total. The third kappa shape index (κ3) is 5.55. The summed E-state index contributed by atoms with van der Waals surface area (Å²) in [6.07, 6.45) is 4.00. The summed E-state index contributed by atoms with van der Waals surface area (Å²) in [6, 6.07) is 7.54. The zero-order valence-electron chi connectivity index (χ0n) is 14.8. The van der Waals surface area contributed by atoms with Crippen molar-refractivity contribution < 1.29 is 19.1 Å².